The monoisotopic (exact) mass is 267 g/mol. The summed E-state index contributed by atoms with van der Waals surface area (Å²) in [6.07, 6.45) is 0. The van der Waals surface area contributed by atoms with Crippen LogP contribution in [0.5, 0.6) is 0 Å². The van der Waals surface area contributed by atoms with E-state index in [1.165, 1.54) is 0 Å². The van der Waals surface area contributed by atoms with Crippen molar-refractivity contribution < 1.29 is 0 Å². The second-order valence-electron chi connectivity index (χ2n) is 3.97. The quantitative estimate of drug-likeness (QED) is 0.922. The molecule has 0 bridgehead atoms. The molecular formula is C15H10ClN3. The predicted octanol–water partition coefficient (Wildman–Crippen LogP) is 3.70. The van der Waals surface area contributed by atoms with E-state index in [2.05, 4.69) is 11.4 Å². The summed E-state index contributed by atoms with van der Waals surface area (Å²) >= 11 is 5.87. The van der Waals surface area contributed by atoms with Crippen molar-refractivity contribution in [1.82, 2.24) is 0 Å². The van der Waals surface area contributed by atoms with Gasteiger partial charge in [0.15, 0.2) is 0 Å². The molecule has 0 spiro atoms. The molecule has 1 N–H and O–H groups in total. The molecule has 0 saturated heterocycles. The second-order valence-corrected chi connectivity index (χ2v) is 4.38. The Balaban J connectivity index is 2.06. The van der Waals surface area contributed by atoms with Crippen LogP contribution in [0, 0.1) is 22.7 Å². The Morgan fingerprint density at radius 3 is 2.37 bits per heavy atom. The highest BCUT2D eigenvalue weighted by molar-refractivity contribution is 6.31. The lowest BCUT2D eigenvalue weighted by molar-refractivity contribution is 1.15. The number of benzene rings is 2. The molecule has 19 heavy (non-hydrogen) atoms. The van der Waals surface area contributed by atoms with Gasteiger partial charge in [-0.25, -0.2) is 0 Å². The van der Waals surface area contributed by atoms with Crippen molar-refractivity contribution in [3.63, 3.8) is 0 Å². The Bertz CT molecular complexity index is 663. The Morgan fingerprint density at radius 2 is 1.74 bits per heavy atom. The standard InChI is InChI=1S/C15H10ClN3/c16-15-6-5-14(7-13(15)9-18)19-10-12-3-1-11(8-17)2-4-12/h1-7,19H,10H2. The van der Waals surface area contributed by atoms with Crippen molar-refractivity contribution in [2.24, 2.45) is 0 Å². The molecule has 2 rings (SSSR count). The molecule has 4 heteroatoms. The van der Waals surface area contributed by atoms with Crippen LogP contribution in [0.4, 0.5) is 5.69 Å². The highest BCUT2D eigenvalue weighted by Crippen LogP contribution is 2.20. The van der Waals surface area contributed by atoms with Crippen molar-refractivity contribution in [2.75, 3.05) is 5.32 Å². The summed E-state index contributed by atoms with van der Waals surface area (Å²) in [6, 6.07) is 16.7. The fraction of sp³-hybridized carbons (Fsp3) is 0.0667. The molecule has 0 radical (unpaired) electrons. The molecule has 0 saturated carbocycles. The van der Waals surface area contributed by atoms with Gasteiger partial charge >= 0.3 is 0 Å². The van der Waals surface area contributed by atoms with Crippen LogP contribution in [-0.4, -0.2) is 0 Å². The molecule has 92 valence electrons. The first-order chi connectivity index (χ1) is 9.22. The van der Waals surface area contributed by atoms with Crippen molar-refractivity contribution in [1.29, 1.82) is 10.5 Å². The van der Waals surface area contributed by atoms with Crippen LogP contribution in [0.3, 0.4) is 0 Å². The fourth-order valence-corrected chi connectivity index (χ4v) is 1.78. The van der Waals surface area contributed by atoms with Gasteiger partial charge in [-0.1, -0.05) is 23.7 Å². The van der Waals surface area contributed by atoms with Crippen LogP contribution in [0.15, 0.2) is 42.5 Å². The lowest BCUT2D eigenvalue weighted by Gasteiger charge is -2.07. The summed E-state index contributed by atoms with van der Waals surface area (Å²) in [7, 11) is 0. The van der Waals surface area contributed by atoms with E-state index < -0.39 is 0 Å². The lowest BCUT2D eigenvalue weighted by Crippen LogP contribution is -1.99. The van der Waals surface area contributed by atoms with Gasteiger partial charge in [-0.15, -0.1) is 0 Å². The minimum absolute atomic E-state index is 0.450. The Morgan fingerprint density at radius 1 is 1.00 bits per heavy atom. The maximum atomic E-state index is 8.89. The molecule has 0 heterocycles. The Kier molecular flexibility index (Phi) is 4.03. The average Bonchev–Trinajstić information content (AvgIpc) is 2.47. The molecular weight excluding hydrogens is 258 g/mol. The number of hydrogen-bond donors (Lipinski definition) is 1. The van der Waals surface area contributed by atoms with Gasteiger partial charge in [0.2, 0.25) is 0 Å². The third kappa shape index (κ3) is 3.25. The van der Waals surface area contributed by atoms with E-state index in [-0.39, 0.29) is 0 Å². The molecule has 0 aliphatic heterocycles. The van der Waals surface area contributed by atoms with E-state index in [1.54, 1.807) is 24.3 Å². The molecule has 3 nitrogen and oxygen atoms in total. The highest BCUT2D eigenvalue weighted by Gasteiger charge is 2.01. The number of hydrogen-bond acceptors (Lipinski definition) is 3. The van der Waals surface area contributed by atoms with Crippen LogP contribution in [0.2, 0.25) is 5.02 Å². The maximum absolute atomic E-state index is 8.89. The van der Waals surface area contributed by atoms with Gasteiger partial charge in [-0.2, -0.15) is 10.5 Å². The predicted molar refractivity (Wildman–Crippen MR) is 74.7 cm³/mol. The van der Waals surface area contributed by atoms with Crippen LogP contribution >= 0.6 is 11.6 Å². The minimum Gasteiger partial charge on any atom is -0.381 e. The van der Waals surface area contributed by atoms with E-state index in [0.717, 1.165) is 11.3 Å². The van der Waals surface area contributed by atoms with Gasteiger partial charge in [-0.3, -0.25) is 0 Å². The van der Waals surface area contributed by atoms with Crippen molar-refractivity contribution >= 4 is 17.3 Å². The molecule has 0 aliphatic rings. The zero-order valence-electron chi connectivity index (χ0n) is 10.0. The van der Waals surface area contributed by atoms with E-state index in [0.29, 0.717) is 22.7 Å². The van der Waals surface area contributed by atoms with Crippen molar-refractivity contribution in [2.45, 2.75) is 6.54 Å². The first-order valence-corrected chi connectivity index (χ1v) is 6.03. The topological polar surface area (TPSA) is 59.6 Å². The number of nitriles is 2. The summed E-state index contributed by atoms with van der Waals surface area (Å²) < 4.78 is 0. The van der Waals surface area contributed by atoms with Gasteiger partial charge in [-0.05, 0) is 35.9 Å². The van der Waals surface area contributed by atoms with Crippen LogP contribution < -0.4 is 5.32 Å². The van der Waals surface area contributed by atoms with E-state index in [9.17, 15) is 0 Å². The van der Waals surface area contributed by atoms with Crippen LogP contribution in [0.25, 0.3) is 0 Å². The number of anilines is 1. The van der Waals surface area contributed by atoms with Gasteiger partial charge in [0.05, 0.1) is 22.2 Å². The molecule has 0 atom stereocenters. The zero-order valence-corrected chi connectivity index (χ0v) is 10.8. The van der Waals surface area contributed by atoms with Crippen LogP contribution in [0.1, 0.15) is 16.7 Å². The highest BCUT2D eigenvalue weighted by atomic mass is 35.5. The first-order valence-electron chi connectivity index (χ1n) is 5.65. The first kappa shape index (κ1) is 13.0. The Hall–Kier alpha value is -2.49. The SMILES string of the molecule is N#Cc1ccc(CNc2ccc(Cl)c(C#N)c2)cc1. The summed E-state index contributed by atoms with van der Waals surface area (Å²) in [5.41, 5.74) is 2.99. The average molecular weight is 268 g/mol. The lowest BCUT2D eigenvalue weighted by atomic mass is 10.1. The van der Waals surface area contributed by atoms with Gasteiger partial charge in [0.25, 0.3) is 0 Å². The second kappa shape index (κ2) is 5.91. The molecule has 0 fully saturated rings. The van der Waals surface area contributed by atoms with Gasteiger partial charge in [0, 0.05) is 12.2 Å². The van der Waals surface area contributed by atoms with Crippen molar-refractivity contribution in [3.05, 3.63) is 64.2 Å². The van der Waals surface area contributed by atoms with Gasteiger partial charge in [0.1, 0.15) is 6.07 Å². The zero-order chi connectivity index (χ0) is 13.7. The molecule has 0 aliphatic carbocycles. The molecule has 0 amide bonds. The number of halogens is 1. The number of nitrogens with one attached hydrogen (secondary N) is 1. The summed E-state index contributed by atoms with van der Waals surface area (Å²) in [5.74, 6) is 0. The normalized spacial score (nSPS) is 9.42. The fourth-order valence-electron chi connectivity index (χ4n) is 1.62. The Labute approximate surface area is 116 Å². The third-order valence-electron chi connectivity index (χ3n) is 2.67. The number of nitrogens with zero attached hydrogens (tertiary/aromatic N) is 2. The van der Waals surface area contributed by atoms with E-state index >= 15 is 0 Å². The molecule has 0 aromatic heterocycles. The van der Waals surface area contributed by atoms with E-state index in [4.69, 9.17) is 22.1 Å². The smallest absolute Gasteiger partial charge is 0.101 e. The summed E-state index contributed by atoms with van der Waals surface area (Å²) in [4.78, 5) is 0. The molecule has 2 aromatic carbocycles. The molecule has 2 aromatic rings. The summed E-state index contributed by atoms with van der Waals surface area (Å²) in [5, 5.41) is 21.3. The minimum atomic E-state index is 0.450. The largest absolute Gasteiger partial charge is 0.381 e. The number of rotatable bonds is 3. The van der Waals surface area contributed by atoms with Gasteiger partial charge < -0.3 is 5.32 Å². The van der Waals surface area contributed by atoms with E-state index in [1.807, 2.05) is 24.3 Å². The summed E-state index contributed by atoms with van der Waals surface area (Å²) in [6.45, 7) is 0.623. The third-order valence-corrected chi connectivity index (χ3v) is 3.00. The van der Waals surface area contributed by atoms with Crippen LogP contribution in [-0.2, 0) is 6.54 Å². The maximum Gasteiger partial charge on any atom is 0.101 e. The van der Waals surface area contributed by atoms with Crippen molar-refractivity contribution in [3.8, 4) is 12.1 Å². The molecule has 0 unspecified atom stereocenters.